The van der Waals surface area contributed by atoms with E-state index in [1.807, 2.05) is 0 Å². The molecular weight excluding hydrogens is 617 g/mol. The Kier molecular flexibility index (Phi) is 32.0. The SMILES string of the molecule is CC/C=C\C/C=C\C/C=C\C/C=C\C/C=C\CCCC(=O)NCCOP(=O)(O)OCC(O)COC(=O)CCCCCCCCCCC. The molecule has 0 rings (SSSR count). The molecule has 0 saturated carbocycles. The van der Waals surface area contributed by atoms with Gasteiger partial charge in [-0.2, -0.15) is 0 Å². The highest BCUT2D eigenvalue weighted by molar-refractivity contribution is 7.47. The van der Waals surface area contributed by atoms with Crippen molar-refractivity contribution in [3.05, 3.63) is 60.8 Å². The van der Waals surface area contributed by atoms with Gasteiger partial charge in [-0.15, -0.1) is 0 Å². The molecule has 10 heteroatoms. The lowest BCUT2D eigenvalue weighted by Crippen LogP contribution is -2.27. The molecule has 47 heavy (non-hydrogen) atoms. The fraction of sp³-hybridized carbons (Fsp3) is 0.676. The van der Waals surface area contributed by atoms with E-state index in [4.69, 9.17) is 13.8 Å². The van der Waals surface area contributed by atoms with Gasteiger partial charge in [-0.05, 0) is 51.4 Å². The van der Waals surface area contributed by atoms with Crippen molar-refractivity contribution in [2.75, 3.05) is 26.4 Å². The Morgan fingerprint density at radius 2 is 1.21 bits per heavy atom. The molecule has 1 amide bonds. The van der Waals surface area contributed by atoms with Crippen molar-refractivity contribution in [1.82, 2.24) is 5.32 Å². The number of allylic oxidation sites excluding steroid dienone is 10. The summed E-state index contributed by atoms with van der Waals surface area (Å²) >= 11 is 0. The first-order valence-corrected chi connectivity index (χ1v) is 19.3. The molecule has 2 atom stereocenters. The van der Waals surface area contributed by atoms with Crippen LogP contribution in [0, 0.1) is 0 Å². The van der Waals surface area contributed by atoms with Crippen LogP contribution in [0.25, 0.3) is 0 Å². The summed E-state index contributed by atoms with van der Waals surface area (Å²) in [5.74, 6) is -0.585. The number of unbranched alkanes of at least 4 members (excludes halogenated alkanes) is 9. The molecule has 2 unspecified atom stereocenters. The molecule has 0 saturated heterocycles. The molecule has 0 aromatic rings. The van der Waals surface area contributed by atoms with E-state index in [1.54, 1.807) is 0 Å². The standard InChI is InChI=1S/C37H64NO8P/c1-3-5-7-9-11-13-14-15-16-17-18-19-20-22-23-25-27-29-36(40)38-31-32-45-47(42,43)46-34-35(39)33-44-37(41)30-28-26-24-21-12-10-8-6-4-2/h5,7,11,13,15-16,18-19,22-23,35,39H,3-4,6,8-10,12,14,17,20-21,24-34H2,1-2H3,(H,38,40)(H,42,43)/b7-5-,13-11-,16-15-,19-18-,23-22-. The second-order valence-corrected chi connectivity index (χ2v) is 12.9. The van der Waals surface area contributed by atoms with Crippen LogP contribution in [-0.2, 0) is 27.9 Å². The number of aliphatic hydroxyl groups is 1. The molecule has 0 aliphatic rings. The number of carbonyl (C=O) groups excluding carboxylic acids is 2. The Hall–Kier alpha value is -2.29. The highest BCUT2D eigenvalue weighted by atomic mass is 31.2. The molecule has 0 aliphatic heterocycles. The predicted octanol–water partition coefficient (Wildman–Crippen LogP) is 8.98. The second-order valence-electron chi connectivity index (χ2n) is 11.5. The zero-order chi connectivity index (χ0) is 34.7. The molecule has 0 aromatic carbocycles. The Bertz CT molecular complexity index is 960. The Balaban J connectivity index is 3.75. The highest BCUT2D eigenvalue weighted by Gasteiger charge is 2.23. The molecule has 0 radical (unpaired) electrons. The number of hydrogen-bond acceptors (Lipinski definition) is 7. The number of nitrogens with one attached hydrogen (secondary N) is 1. The Labute approximate surface area is 285 Å². The van der Waals surface area contributed by atoms with Gasteiger partial charge in [0, 0.05) is 19.4 Å². The number of esters is 1. The topological polar surface area (TPSA) is 131 Å². The summed E-state index contributed by atoms with van der Waals surface area (Å²) in [4.78, 5) is 33.6. The number of carbonyl (C=O) groups is 2. The van der Waals surface area contributed by atoms with E-state index >= 15 is 0 Å². The predicted molar refractivity (Wildman–Crippen MR) is 192 cm³/mol. The van der Waals surface area contributed by atoms with Gasteiger partial charge in [-0.1, -0.05) is 126 Å². The van der Waals surface area contributed by atoms with E-state index < -0.39 is 26.5 Å². The maximum absolute atomic E-state index is 12.0. The first kappa shape index (κ1) is 44.7. The summed E-state index contributed by atoms with van der Waals surface area (Å²) < 4.78 is 26.6. The molecule has 0 aliphatic carbocycles. The van der Waals surface area contributed by atoms with Gasteiger partial charge >= 0.3 is 13.8 Å². The van der Waals surface area contributed by atoms with Crippen LogP contribution in [0.1, 0.15) is 129 Å². The summed E-state index contributed by atoms with van der Waals surface area (Å²) in [5.41, 5.74) is 0. The number of phosphoric acid groups is 1. The van der Waals surface area contributed by atoms with Gasteiger partial charge in [-0.3, -0.25) is 18.6 Å². The van der Waals surface area contributed by atoms with E-state index in [2.05, 4.69) is 79.9 Å². The minimum absolute atomic E-state index is 0.0490. The molecule has 0 spiro atoms. The molecule has 0 heterocycles. The number of ether oxygens (including phenoxy) is 1. The van der Waals surface area contributed by atoms with E-state index in [1.165, 1.54) is 38.5 Å². The number of phosphoric ester groups is 1. The van der Waals surface area contributed by atoms with Gasteiger partial charge in [0.15, 0.2) is 0 Å². The van der Waals surface area contributed by atoms with Crippen LogP contribution < -0.4 is 5.32 Å². The minimum atomic E-state index is -4.42. The molecule has 3 N–H and O–H groups in total. The van der Waals surface area contributed by atoms with Gasteiger partial charge in [0.1, 0.15) is 12.7 Å². The van der Waals surface area contributed by atoms with Gasteiger partial charge in [0.2, 0.25) is 5.91 Å². The zero-order valence-corrected chi connectivity index (χ0v) is 30.1. The first-order chi connectivity index (χ1) is 22.8. The van der Waals surface area contributed by atoms with Crippen LogP contribution in [0.15, 0.2) is 60.8 Å². The fourth-order valence-corrected chi connectivity index (χ4v) is 5.05. The highest BCUT2D eigenvalue weighted by Crippen LogP contribution is 2.42. The summed E-state index contributed by atoms with van der Waals surface area (Å²) in [6, 6.07) is 0. The third-order valence-electron chi connectivity index (χ3n) is 6.96. The van der Waals surface area contributed by atoms with Crippen molar-refractivity contribution >= 4 is 19.7 Å². The van der Waals surface area contributed by atoms with Crippen molar-refractivity contribution in [2.45, 2.75) is 136 Å². The van der Waals surface area contributed by atoms with Crippen molar-refractivity contribution in [3.8, 4) is 0 Å². The van der Waals surface area contributed by atoms with Crippen molar-refractivity contribution in [2.24, 2.45) is 0 Å². The quantitative estimate of drug-likeness (QED) is 0.0278. The molecular formula is C37H64NO8P. The molecule has 0 fully saturated rings. The number of hydrogen-bond donors (Lipinski definition) is 3. The fourth-order valence-electron chi connectivity index (χ4n) is 4.30. The van der Waals surface area contributed by atoms with Crippen LogP contribution in [-0.4, -0.2) is 54.3 Å². The van der Waals surface area contributed by atoms with Gasteiger partial charge in [0.25, 0.3) is 0 Å². The maximum atomic E-state index is 12.0. The van der Waals surface area contributed by atoms with Gasteiger partial charge in [0.05, 0.1) is 13.2 Å². The normalized spacial score (nSPS) is 14.2. The summed E-state index contributed by atoms with van der Waals surface area (Å²) in [5, 5.41) is 12.6. The van der Waals surface area contributed by atoms with Crippen LogP contribution in [0.3, 0.4) is 0 Å². The van der Waals surface area contributed by atoms with Gasteiger partial charge < -0.3 is 20.1 Å². The first-order valence-electron chi connectivity index (χ1n) is 17.8. The van der Waals surface area contributed by atoms with Crippen LogP contribution >= 0.6 is 7.82 Å². The minimum Gasteiger partial charge on any atom is -0.463 e. The molecule has 0 bridgehead atoms. The lowest BCUT2D eigenvalue weighted by Gasteiger charge is -2.15. The van der Waals surface area contributed by atoms with Crippen LogP contribution in [0.4, 0.5) is 0 Å². The van der Waals surface area contributed by atoms with Crippen molar-refractivity contribution < 1.29 is 37.9 Å². The largest absolute Gasteiger partial charge is 0.472 e. The maximum Gasteiger partial charge on any atom is 0.472 e. The third kappa shape index (κ3) is 34.9. The van der Waals surface area contributed by atoms with E-state index in [-0.39, 0.29) is 32.1 Å². The molecule has 0 aromatic heterocycles. The van der Waals surface area contributed by atoms with Crippen molar-refractivity contribution in [1.29, 1.82) is 0 Å². The lowest BCUT2D eigenvalue weighted by molar-refractivity contribution is -0.147. The molecule has 270 valence electrons. The average molecular weight is 682 g/mol. The van der Waals surface area contributed by atoms with Gasteiger partial charge in [-0.25, -0.2) is 4.57 Å². The second kappa shape index (κ2) is 33.6. The monoisotopic (exact) mass is 681 g/mol. The average Bonchev–Trinajstić information content (AvgIpc) is 3.05. The Morgan fingerprint density at radius 3 is 1.79 bits per heavy atom. The summed E-state index contributed by atoms with van der Waals surface area (Å²) in [6.45, 7) is 3.31. The number of amides is 1. The van der Waals surface area contributed by atoms with Crippen molar-refractivity contribution in [3.63, 3.8) is 0 Å². The third-order valence-corrected chi connectivity index (χ3v) is 7.95. The Morgan fingerprint density at radius 1 is 0.681 bits per heavy atom. The summed E-state index contributed by atoms with van der Waals surface area (Å²) in [7, 11) is -4.42. The van der Waals surface area contributed by atoms with E-state index in [0.717, 1.165) is 57.8 Å². The smallest absolute Gasteiger partial charge is 0.463 e. The van der Waals surface area contributed by atoms with E-state index in [0.29, 0.717) is 12.8 Å². The number of aliphatic hydroxyl groups excluding tert-OH is 1. The zero-order valence-electron chi connectivity index (χ0n) is 29.2. The van der Waals surface area contributed by atoms with E-state index in [9.17, 15) is 24.2 Å². The lowest BCUT2D eigenvalue weighted by atomic mass is 10.1. The summed E-state index contributed by atoms with van der Waals surface area (Å²) in [6.07, 6.45) is 37.4. The molecule has 9 nitrogen and oxygen atoms in total. The van der Waals surface area contributed by atoms with Crippen LogP contribution in [0.2, 0.25) is 0 Å². The number of rotatable bonds is 32. The van der Waals surface area contributed by atoms with Crippen LogP contribution in [0.5, 0.6) is 0 Å².